The number of anilines is 2. The third-order valence-electron chi connectivity index (χ3n) is 5.45. The summed E-state index contributed by atoms with van der Waals surface area (Å²) in [6, 6.07) is 14.1. The maximum atomic E-state index is 12.7. The van der Waals surface area contributed by atoms with Crippen LogP contribution in [0.15, 0.2) is 53.4 Å². The predicted molar refractivity (Wildman–Crippen MR) is 119 cm³/mol. The Kier molecular flexibility index (Phi) is 4.73. The van der Waals surface area contributed by atoms with E-state index >= 15 is 0 Å². The summed E-state index contributed by atoms with van der Waals surface area (Å²) in [5, 5.41) is 9.02. The minimum absolute atomic E-state index is 0.0429. The summed E-state index contributed by atoms with van der Waals surface area (Å²) in [6.45, 7) is 2.59. The molecule has 5 rings (SSSR count). The molecule has 1 aromatic heterocycles. The van der Waals surface area contributed by atoms with Crippen molar-refractivity contribution in [2.24, 2.45) is 5.14 Å². The zero-order valence-electron chi connectivity index (χ0n) is 16.5. The largest absolute Gasteiger partial charge is 0.378 e. The quantitative estimate of drug-likeness (QED) is 0.609. The van der Waals surface area contributed by atoms with Gasteiger partial charge in [-0.2, -0.15) is 0 Å². The average Bonchev–Trinajstić information content (AvgIpc) is 3.07. The van der Waals surface area contributed by atoms with E-state index < -0.39 is 10.0 Å². The SMILES string of the molecule is NS(=O)(=O)c1ccc2c(c1)/C(=C\c1cc3ccccc3nc1N1CCOCC1)C(=O)N2. The van der Waals surface area contributed by atoms with Crippen LogP contribution in [-0.4, -0.2) is 45.6 Å². The number of carbonyl (C=O) groups is 1. The normalized spacial score (nSPS) is 17.8. The summed E-state index contributed by atoms with van der Waals surface area (Å²) in [4.78, 5) is 19.7. The van der Waals surface area contributed by atoms with Crippen molar-refractivity contribution in [1.29, 1.82) is 0 Å². The van der Waals surface area contributed by atoms with E-state index in [9.17, 15) is 13.2 Å². The molecule has 1 amide bonds. The highest BCUT2D eigenvalue weighted by Crippen LogP contribution is 2.36. The van der Waals surface area contributed by atoms with Crippen LogP contribution in [0.2, 0.25) is 0 Å². The number of rotatable bonds is 3. The van der Waals surface area contributed by atoms with E-state index in [-0.39, 0.29) is 10.8 Å². The maximum absolute atomic E-state index is 12.7. The van der Waals surface area contributed by atoms with Crippen LogP contribution < -0.4 is 15.4 Å². The molecular formula is C22H20N4O4S. The minimum atomic E-state index is -3.89. The lowest BCUT2D eigenvalue weighted by Crippen LogP contribution is -2.37. The predicted octanol–water partition coefficient (Wildman–Crippen LogP) is 2.21. The van der Waals surface area contributed by atoms with E-state index in [1.54, 1.807) is 12.1 Å². The molecule has 0 radical (unpaired) electrons. The van der Waals surface area contributed by atoms with Gasteiger partial charge in [-0.05, 0) is 36.4 Å². The number of pyridine rings is 1. The van der Waals surface area contributed by atoms with Gasteiger partial charge in [-0.1, -0.05) is 18.2 Å². The smallest absolute Gasteiger partial charge is 0.256 e. The topological polar surface area (TPSA) is 115 Å². The fraction of sp³-hybridized carbons (Fsp3) is 0.182. The molecule has 3 aromatic rings. The second-order valence-corrected chi connectivity index (χ2v) is 9.02. The third-order valence-corrected chi connectivity index (χ3v) is 6.36. The van der Waals surface area contributed by atoms with Crippen molar-refractivity contribution in [3.8, 4) is 0 Å². The Labute approximate surface area is 179 Å². The van der Waals surface area contributed by atoms with Gasteiger partial charge in [-0.15, -0.1) is 0 Å². The van der Waals surface area contributed by atoms with Crippen LogP contribution in [0, 0.1) is 0 Å². The number of aromatic nitrogens is 1. The van der Waals surface area contributed by atoms with Crippen LogP contribution in [-0.2, 0) is 19.6 Å². The summed E-state index contributed by atoms with van der Waals surface area (Å²) in [5.74, 6) is 0.459. The molecule has 2 aromatic carbocycles. The minimum Gasteiger partial charge on any atom is -0.378 e. The van der Waals surface area contributed by atoms with Crippen LogP contribution in [0.4, 0.5) is 11.5 Å². The summed E-state index contributed by atoms with van der Waals surface area (Å²) < 4.78 is 29.1. The van der Waals surface area contributed by atoms with Gasteiger partial charge in [-0.3, -0.25) is 4.79 Å². The molecule has 0 atom stereocenters. The van der Waals surface area contributed by atoms with E-state index in [4.69, 9.17) is 14.9 Å². The lowest BCUT2D eigenvalue weighted by Gasteiger charge is -2.29. The van der Waals surface area contributed by atoms with Crippen molar-refractivity contribution >= 4 is 50.0 Å². The van der Waals surface area contributed by atoms with Crippen LogP contribution in [0.3, 0.4) is 0 Å². The molecular weight excluding hydrogens is 416 g/mol. The number of primary sulfonamides is 1. The Balaban J connectivity index is 1.69. The number of ether oxygens (including phenoxy) is 1. The number of sulfonamides is 1. The molecule has 2 aliphatic heterocycles. The van der Waals surface area contributed by atoms with Gasteiger partial charge in [0, 0.05) is 40.9 Å². The van der Waals surface area contributed by atoms with Crippen molar-refractivity contribution in [3.63, 3.8) is 0 Å². The van der Waals surface area contributed by atoms with Gasteiger partial charge in [0.2, 0.25) is 10.0 Å². The van der Waals surface area contributed by atoms with Crippen molar-refractivity contribution in [3.05, 3.63) is 59.7 Å². The first kappa shape index (κ1) is 19.7. The number of amides is 1. The second kappa shape index (κ2) is 7.45. The highest BCUT2D eigenvalue weighted by Gasteiger charge is 2.27. The number of nitrogens with two attached hydrogens (primary N) is 1. The van der Waals surface area contributed by atoms with Crippen LogP contribution >= 0.6 is 0 Å². The van der Waals surface area contributed by atoms with Crippen molar-refractivity contribution in [1.82, 2.24) is 4.98 Å². The van der Waals surface area contributed by atoms with E-state index in [0.29, 0.717) is 43.1 Å². The first-order valence-corrected chi connectivity index (χ1v) is 11.4. The van der Waals surface area contributed by atoms with Crippen LogP contribution in [0.1, 0.15) is 11.1 Å². The zero-order valence-corrected chi connectivity index (χ0v) is 17.4. The number of morpholine rings is 1. The van der Waals surface area contributed by atoms with Gasteiger partial charge < -0.3 is 15.0 Å². The Morgan fingerprint density at radius 2 is 1.87 bits per heavy atom. The van der Waals surface area contributed by atoms with Gasteiger partial charge in [0.25, 0.3) is 5.91 Å². The lowest BCUT2D eigenvalue weighted by molar-refractivity contribution is -0.110. The molecule has 1 saturated heterocycles. The van der Waals surface area contributed by atoms with E-state index in [1.165, 1.54) is 12.1 Å². The fourth-order valence-corrected chi connectivity index (χ4v) is 4.44. The molecule has 0 unspecified atom stereocenters. The summed E-state index contributed by atoms with van der Waals surface area (Å²) in [7, 11) is -3.89. The monoisotopic (exact) mass is 436 g/mol. The number of benzene rings is 2. The fourth-order valence-electron chi connectivity index (χ4n) is 3.90. The highest BCUT2D eigenvalue weighted by molar-refractivity contribution is 7.89. The second-order valence-electron chi connectivity index (χ2n) is 7.46. The standard InChI is InChI=1S/C22H20N4O4S/c23-31(28,29)16-5-6-20-17(13-16)18(22(27)25-20)12-15-11-14-3-1-2-4-19(14)24-21(15)26-7-9-30-10-8-26/h1-6,11-13H,7-10H2,(H,25,27)(H2,23,28,29)/b18-12+. The molecule has 0 saturated carbocycles. The Morgan fingerprint density at radius 3 is 2.65 bits per heavy atom. The van der Waals surface area contributed by atoms with Crippen LogP contribution in [0.25, 0.3) is 22.6 Å². The lowest BCUT2D eigenvalue weighted by atomic mass is 10.0. The van der Waals surface area contributed by atoms with Crippen molar-refractivity contribution < 1.29 is 17.9 Å². The molecule has 1 fully saturated rings. The molecule has 2 aliphatic rings. The number of nitrogens with one attached hydrogen (secondary N) is 1. The Morgan fingerprint density at radius 1 is 1.10 bits per heavy atom. The van der Waals surface area contributed by atoms with E-state index in [0.717, 1.165) is 22.3 Å². The number of carbonyl (C=O) groups excluding carboxylic acids is 1. The molecule has 0 spiro atoms. The summed E-state index contributed by atoms with van der Waals surface area (Å²) in [5.41, 5.74) is 3.05. The summed E-state index contributed by atoms with van der Waals surface area (Å²) >= 11 is 0. The van der Waals surface area contributed by atoms with Gasteiger partial charge in [0.1, 0.15) is 5.82 Å². The number of para-hydroxylation sites is 1. The molecule has 31 heavy (non-hydrogen) atoms. The Bertz CT molecular complexity index is 1340. The average molecular weight is 436 g/mol. The van der Waals surface area contributed by atoms with Gasteiger partial charge in [0.05, 0.1) is 23.6 Å². The maximum Gasteiger partial charge on any atom is 0.256 e. The van der Waals surface area contributed by atoms with E-state index in [2.05, 4.69) is 10.2 Å². The first-order valence-electron chi connectivity index (χ1n) is 9.83. The number of hydrogen-bond acceptors (Lipinski definition) is 6. The summed E-state index contributed by atoms with van der Waals surface area (Å²) in [6.07, 6.45) is 1.76. The molecule has 3 heterocycles. The number of nitrogens with zero attached hydrogens (tertiary/aromatic N) is 2. The molecule has 0 aliphatic carbocycles. The van der Waals surface area contributed by atoms with E-state index in [1.807, 2.05) is 30.3 Å². The van der Waals surface area contributed by atoms with Gasteiger partial charge in [0.15, 0.2) is 0 Å². The molecule has 158 valence electrons. The van der Waals surface area contributed by atoms with Gasteiger partial charge in [-0.25, -0.2) is 18.5 Å². The number of fused-ring (bicyclic) bond motifs is 2. The van der Waals surface area contributed by atoms with Gasteiger partial charge >= 0.3 is 0 Å². The third kappa shape index (κ3) is 3.67. The zero-order chi connectivity index (χ0) is 21.6. The van der Waals surface area contributed by atoms with Crippen molar-refractivity contribution in [2.75, 3.05) is 36.5 Å². The molecule has 3 N–H and O–H groups in total. The number of hydrogen-bond donors (Lipinski definition) is 2. The molecule has 0 bridgehead atoms. The van der Waals surface area contributed by atoms with Crippen LogP contribution in [0.5, 0.6) is 0 Å². The molecule has 8 nitrogen and oxygen atoms in total. The highest BCUT2D eigenvalue weighted by atomic mass is 32.2. The first-order chi connectivity index (χ1) is 14.9. The molecule has 9 heteroatoms. The van der Waals surface area contributed by atoms with Crippen molar-refractivity contribution in [2.45, 2.75) is 4.90 Å². The Hall–Kier alpha value is -3.27.